The van der Waals surface area contributed by atoms with Gasteiger partial charge in [-0.1, -0.05) is 25.6 Å². The van der Waals surface area contributed by atoms with Gasteiger partial charge in [-0.05, 0) is 5.92 Å². The normalized spacial score (nSPS) is 10.8. The molecule has 0 radical (unpaired) electrons. The average Bonchev–Trinajstić information content (AvgIpc) is 2.52. The van der Waals surface area contributed by atoms with Crippen LogP contribution in [0.5, 0.6) is 0 Å². The van der Waals surface area contributed by atoms with Gasteiger partial charge in [0, 0.05) is 18.6 Å². The predicted octanol–water partition coefficient (Wildman–Crippen LogP) is 1.95. The van der Waals surface area contributed by atoms with Gasteiger partial charge in [-0.15, -0.1) is 10.2 Å². The van der Waals surface area contributed by atoms with E-state index >= 15 is 0 Å². The molecule has 0 saturated carbocycles. The minimum absolute atomic E-state index is 0.517. The summed E-state index contributed by atoms with van der Waals surface area (Å²) >= 11 is 1.42. The van der Waals surface area contributed by atoms with Crippen LogP contribution in [0.2, 0.25) is 0 Å². The van der Waals surface area contributed by atoms with Gasteiger partial charge < -0.3 is 9.21 Å². The van der Waals surface area contributed by atoms with Gasteiger partial charge in [-0.2, -0.15) is 0 Å². The number of aromatic nitrogens is 2. The molecule has 0 N–H and O–H groups in total. The maximum Gasteiger partial charge on any atom is 0.276 e. The van der Waals surface area contributed by atoms with Crippen LogP contribution >= 0.6 is 11.8 Å². The zero-order valence-electron chi connectivity index (χ0n) is 8.40. The molecule has 0 spiro atoms. The lowest BCUT2D eigenvalue weighted by Crippen LogP contribution is -1.93. The number of hydrogen-bond acceptors (Lipinski definition) is 5. The molecule has 0 saturated heterocycles. The standard InChI is InChI=1S/C9H14N2O2S/c1-7(2)6-8-10-11-9(13-8)14-5-3-4-12/h4,7H,3,5-6H2,1-2H3. The van der Waals surface area contributed by atoms with Crippen LogP contribution in [-0.4, -0.2) is 22.2 Å². The zero-order valence-corrected chi connectivity index (χ0v) is 9.21. The van der Waals surface area contributed by atoms with Gasteiger partial charge in [0.05, 0.1) is 0 Å². The topological polar surface area (TPSA) is 56.0 Å². The van der Waals surface area contributed by atoms with E-state index in [0.29, 0.717) is 29.2 Å². The second-order valence-corrected chi connectivity index (χ2v) is 4.41. The molecule has 0 aromatic carbocycles. The summed E-state index contributed by atoms with van der Waals surface area (Å²) in [6.45, 7) is 4.20. The van der Waals surface area contributed by atoms with E-state index in [2.05, 4.69) is 24.0 Å². The Bertz CT molecular complexity index is 286. The Morgan fingerprint density at radius 3 is 2.93 bits per heavy atom. The van der Waals surface area contributed by atoms with Gasteiger partial charge in [-0.3, -0.25) is 0 Å². The van der Waals surface area contributed by atoms with Gasteiger partial charge in [0.25, 0.3) is 5.22 Å². The summed E-state index contributed by atoms with van der Waals surface area (Å²) in [5, 5.41) is 8.34. The van der Waals surface area contributed by atoms with E-state index in [4.69, 9.17) is 4.42 Å². The van der Waals surface area contributed by atoms with Crippen LogP contribution in [0, 0.1) is 5.92 Å². The van der Waals surface area contributed by atoms with Crippen LogP contribution in [0.25, 0.3) is 0 Å². The van der Waals surface area contributed by atoms with E-state index in [0.717, 1.165) is 12.7 Å². The van der Waals surface area contributed by atoms with E-state index in [9.17, 15) is 4.79 Å². The van der Waals surface area contributed by atoms with Gasteiger partial charge in [0.1, 0.15) is 6.29 Å². The summed E-state index contributed by atoms with van der Waals surface area (Å²) in [4.78, 5) is 10.1. The highest BCUT2D eigenvalue weighted by atomic mass is 32.2. The molecule has 14 heavy (non-hydrogen) atoms. The van der Waals surface area contributed by atoms with Gasteiger partial charge in [0.15, 0.2) is 0 Å². The van der Waals surface area contributed by atoms with Crippen molar-refractivity contribution in [2.75, 3.05) is 5.75 Å². The van der Waals surface area contributed by atoms with Crippen molar-refractivity contribution in [2.24, 2.45) is 5.92 Å². The Kier molecular flexibility index (Phi) is 4.65. The second-order valence-electron chi connectivity index (χ2n) is 3.36. The monoisotopic (exact) mass is 214 g/mol. The lowest BCUT2D eigenvalue weighted by Gasteiger charge is -1.96. The highest BCUT2D eigenvalue weighted by molar-refractivity contribution is 7.99. The maximum absolute atomic E-state index is 10.1. The van der Waals surface area contributed by atoms with Crippen LogP contribution in [-0.2, 0) is 11.2 Å². The molecule has 1 rings (SSSR count). The number of carbonyl (C=O) groups is 1. The molecule has 0 amide bonds. The predicted molar refractivity (Wildman–Crippen MR) is 54.2 cm³/mol. The van der Waals surface area contributed by atoms with Crippen LogP contribution in [0.3, 0.4) is 0 Å². The van der Waals surface area contributed by atoms with E-state index in [1.165, 1.54) is 11.8 Å². The molecule has 0 aliphatic heterocycles. The lowest BCUT2D eigenvalue weighted by atomic mass is 10.1. The molecule has 5 heteroatoms. The number of rotatable bonds is 6. The molecule has 0 atom stereocenters. The lowest BCUT2D eigenvalue weighted by molar-refractivity contribution is -0.107. The van der Waals surface area contributed by atoms with Crippen molar-refractivity contribution < 1.29 is 9.21 Å². The molecule has 0 bridgehead atoms. The average molecular weight is 214 g/mol. The van der Waals surface area contributed by atoms with Crippen molar-refractivity contribution in [1.82, 2.24) is 10.2 Å². The summed E-state index contributed by atoms with van der Waals surface area (Å²) in [7, 11) is 0. The van der Waals surface area contributed by atoms with Crippen molar-refractivity contribution in [3.05, 3.63) is 5.89 Å². The van der Waals surface area contributed by atoms with Crippen molar-refractivity contribution in [1.29, 1.82) is 0 Å². The molecule has 1 aromatic rings. The van der Waals surface area contributed by atoms with Crippen molar-refractivity contribution >= 4 is 18.0 Å². The minimum Gasteiger partial charge on any atom is -0.416 e. The Balaban J connectivity index is 2.38. The third-order valence-corrected chi connectivity index (χ3v) is 2.34. The largest absolute Gasteiger partial charge is 0.416 e. The van der Waals surface area contributed by atoms with Gasteiger partial charge in [0.2, 0.25) is 5.89 Å². The van der Waals surface area contributed by atoms with Crippen LogP contribution in [0.1, 0.15) is 26.2 Å². The number of aldehydes is 1. The first-order valence-electron chi connectivity index (χ1n) is 4.61. The summed E-state index contributed by atoms with van der Waals surface area (Å²) in [6, 6.07) is 0. The Morgan fingerprint density at radius 2 is 2.29 bits per heavy atom. The summed E-state index contributed by atoms with van der Waals surface area (Å²) in [6.07, 6.45) is 2.21. The van der Waals surface area contributed by atoms with Crippen LogP contribution in [0.4, 0.5) is 0 Å². The van der Waals surface area contributed by atoms with Crippen LogP contribution in [0.15, 0.2) is 9.64 Å². The molecule has 0 fully saturated rings. The molecule has 0 aliphatic rings. The first-order valence-corrected chi connectivity index (χ1v) is 5.59. The number of carbonyl (C=O) groups excluding carboxylic acids is 1. The van der Waals surface area contributed by atoms with Crippen molar-refractivity contribution in [2.45, 2.75) is 31.9 Å². The SMILES string of the molecule is CC(C)Cc1nnc(SCCC=O)o1. The summed E-state index contributed by atoms with van der Waals surface area (Å²) in [5.74, 6) is 1.89. The highest BCUT2D eigenvalue weighted by Gasteiger charge is 2.07. The van der Waals surface area contributed by atoms with E-state index < -0.39 is 0 Å². The van der Waals surface area contributed by atoms with E-state index in [1.807, 2.05) is 0 Å². The molecule has 0 unspecified atom stereocenters. The first kappa shape index (κ1) is 11.2. The molecule has 1 heterocycles. The van der Waals surface area contributed by atoms with Crippen molar-refractivity contribution in [3.8, 4) is 0 Å². The third-order valence-electron chi connectivity index (χ3n) is 1.49. The molecule has 78 valence electrons. The van der Waals surface area contributed by atoms with Crippen LogP contribution < -0.4 is 0 Å². The van der Waals surface area contributed by atoms with E-state index in [-0.39, 0.29) is 0 Å². The number of nitrogens with zero attached hydrogens (tertiary/aromatic N) is 2. The molecular weight excluding hydrogens is 200 g/mol. The fourth-order valence-electron chi connectivity index (χ4n) is 0.923. The second kappa shape index (κ2) is 5.80. The van der Waals surface area contributed by atoms with Gasteiger partial charge >= 0.3 is 0 Å². The molecule has 1 aromatic heterocycles. The Hall–Kier alpha value is -0.840. The molecular formula is C9H14N2O2S. The zero-order chi connectivity index (χ0) is 10.4. The minimum atomic E-state index is 0.517. The maximum atomic E-state index is 10.1. The number of thioether (sulfide) groups is 1. The molecule has 4 nitrogen and oxygen atoms in total. The van der Waals surface area contributed by atoms with Gasteiger partial charge in [-0.25, -0.2) is 0 Å². The van der Waals surface area contributed by atoms with E-state index in [1.54, 1.807) is 0 Å². The Labute approximate surface area is 87.5 Å². The first-order chi connectivity index (χ1) is 6.72. The summed E-state index contributed by atoms with van der Waals surface area (Å²) in [5.41, 5.74) is 0. The quantitative estimate of drug-likeness (QED) is 0.411. The Morgan fingerprint density at radius 1 is 1.50 bits per heavy atom. The smallest absolute Gasteiger partial charge is 0.276 e. The fraction of sp³-hybridized carbons (Fsp3) is 0.667. The summed E-state index contributed by atoms with van der Waals surface area (Å²) < 4.78 is 5.37. The van der Waals surface area contributed by atoms with Crippen molar-refractivity contribution in [3.63, 3.8) is 0 Å². The highest BCUT2D eigenvalue weighted by Crippen LogP contribution is 2.17. The third kappa shape index (κ3) is 3.91. The fourth-order valence-corrected chi connectivity index (χ4v) is 1.56. The molecule has 0 aliphatic carbocycles. The number of hydrogen-bond donors (Lipinski definition) is 0.